The topological polar surface area (TPSA) is 43.6 Å². The molecule has 2 aromatic rings. The molecule has 1 heterocycles. The number of aromatic nitrogens is 4. The molecule has 0 fully saturated rings. The van der Waals surface area contributed by atoms with E-state index in [9.17, 15) is 0 Å². The van der Waals surface area contributed by atoms with E-state index in [0.717, 1.165) is 5.69 Å². The van der Waals surface area contributed by atoms with E-state index in [1.54, 1.807) is 0 Å². The highest BCUT2D eigenvalue weighted by Gasteiger charge is 1.93. The molecule has 0 radical (unpaired) electrons. The third-order valence-corrected chi connectivity index (χ3v) is 1.34. The van der Waals surface area contributed by atoms with E-state index in [0.29, 0.717) is 0 Å². The van der Waals surface area contributed by atoms with Crippen molar-refractivity contribution in [2.45, 2.75) is 0 Å². The Labute approximate surface area is 63.5 Å². The minimum absolute atomic E-state index is 0.921. The van der Waals surface area contributed by atoms with E-state index in [4.69, 9.17) is 0 Å². The SMILES string of the molecule is c1ccc(-n2ncnn2)cc1. The van der Waals surface area contributed by atoms with E-state index in [1.165, 1.54) is 11.1 Å². The second-order valence-electron chi connectivity index (χ2n) is 2.06. The van der Waals surface area contributed by atoms with Crippen molar-refractivity contribution in [1.82, 2.24) is 20.2 Å². The minimum atomic E-state index is 0.921. The maximum Gasteiger partial charge on any atom is 0.162 e. The summed E-state index contributed by atoms with van der Waals surface area (Å²) in [5, 5.41) is 11.2. The highest BCUT2D eigenvalue weighted by molar-refractivity contribution is 5.27. The van der Waals surface area contributed by atoms with E-state index in [1.807, 2.05) is 30.3 Å². The lowest BCUT2D eigenvalue weighted by Crippen LogP contribution is -1.97. The Hall–Kier alpha value is -1.71. The molecular weight excluding hydrogens is 140 g/mol. The molecule has 0 aliphatic carbocycles. The van der Waals surface area contributed by atoms with Crippen LogP contribution in [0.1, 0.15) is 0 Å². The molecule has 1 aromatic heterocycles. The summed E-state index contributed by atoms with van der Waals surface area (Å²) in [6.45, 7) is 0. The number of tetrazole rings is 1. The first kappa shape index (κ1) is 6.03. The first-order chi connectivity index (χ1) is 5.47. The normalized spacial score (nSPS) is 9.82. The number of nitrogens with zero attached hydrogens (tertiary/aromatic N) is 4. The Balaban J connectivity index is 2.46. The highest BCUT2D eigenvalue weighted by Crippen LogP contribution is 2.00. The first-order valence-electron chi connectivity index (χ1n) is 3.25. The molecule has 4 nitrogen and oxygen atoms in total. The number of para-hydroxylation sites is 1. The molecule has 0 bridgehead atoms. The lowest BCUT2D eigenvalue weighted by Gasteiger charge is -1.94. The van der Waals surface area contributed by atoms with Crippen LogP contribution in [0.2, 0.25) is 0 Å². The lowest BCUT2D eigenvalue weighted by molar-refractivity contribution is 0.720. The van der Waals surface area contributed by atoms with Gasteiger partial charge in [0.15, 0.2) is 6.33 Å². The van der Waals surface area contributed by atoms with Gasteiger partial charge in [0.1, 0.15) is 0 Å². The second kappa shape index (κ2) is 2.49. The van der Waals surface area contributed by atoms with Crippen LogP contribution >= 0.6 is 0 Å². The molecule has 11 heavy (non-hydrogen) atoms. The maximum absolute atomic E-state index is 3.88. The smallest absolute Gasteiger partial charge is 0.135 e. The zero-order chi connectivity index (χ0) is 7.52. The number of rotatable bonds is 1. The second-order valence-corrected chi connectivity index (χ2v) is 2.06. The molecule has 0 unspecified atom stereocenters. The van der Waals surface area contributed by atoms with Gasteiger partial charge in [-0.25, -0.2) is 0 Å². The van der Waals surface area contributed by atoms with E-state index >= 15 is 0 Å². The highest BCUT2D eigenvalue weighted by atomic mass is 15.6. The van der Waals surface area contributed by atoms with Gasteiger partial charge in [0, 0.05) is 0 Å². The van der Waals surface area contributed by atoms with Crippen molar-refractivity contribution in [3.05, 3.63) is 36.7 Å². The molecule has 0 spiro atoms. The third kappa shape index (κ3) is 1.10. The molecule has 0 amide bonds. The van der Waals surface area contributed by atoms with Crippen molar-refractivity contribution < 1.29 is 0 Å². The average Bonchev–Trinajstić information content (AvgIpc) is 2.58. The van der Waals surface area contributed by atoms with Gasteiger partial charge in [-0.3, -0.25) is 0 Å². The first-order valence-corrected chi connectivity index (χ1v) is 3.25. The van der Waals surface area contributed by atoms with Gasteiger partial charge in [-0.2, -0.15) is 0 Å². The van der Waals surface area contributed by atoms with Gasteiger partial charge in [-0.05, 0) is 17.3 Å². The fourth-order valence-corrected chi connectivity index (χ4v) is 0.847. The van der Waals surface area contributed by atoms with E-state index in [2.05, 4.69) is 15.4 Å². The van der Waals surface area contributed by atoms with Gasteiger partial charge in [-0.1, -0.05) is 18.2 Å². The number of hydrogen-bond donors (Lipinski definition) is 0. The molecule has 0 saturated carbocycles. The standard InChI is InChI=1S/C7H6N4/c1-2-4-7(5-3-1)11-9-6-8-10-11/h1-6H. The van der Waals surface area contributed by atoms with Crippen LogP contribution < -0.4 is 0 Å². The number of hydrogen-bond acceptors (Lipinski definition) is 3. The predicted molar refractivity (Wildman–Crippen MR) is 39.2 cm³/mol. The quantitative estimate of drug-likeness (QED) is 0.593. The van der Waals surface area contributed by atoms with Crippen LogP contribution in [0.25, 0.3) is 5.69 Å². The van der Waals surface area contributed by atoms with Gasteiger partial charge in [0.05, 0.1) is 5.69 Å². The average molecular weight is 146 g/mol. The minimum Gasteiger partial charge on any atom is -0.135 e. The van der Waals surface area contributed by atoms with Gasteiger partial charge in [0.25, 0.3) is 0 Å². The fourth-order valence-electron chi connectivity index (χ4n) is 0.847. The van der Waals surface area contributed by atoms with Gasteiger partial charge < -0.3 is 0 Å². The van der Waals surface area contributed by atoms with Crippen LogP contribution in [-0.2, 0) is 0 Å². The Morgan fingerprint density at radius 3 is 2.55 bits per heavy atom. The molecular formula is C7H6N4. The predicted octanol–water partition coefficient (Wildman–Crippen LogP) is 0.662. The van der Waals surface area contributed by atoms with Crippen LogP contribution in [0, 0.1) is 0 Å². The lowest BCUT2D eigenvalue weighted by atomic mass is 10.3. The van der Waals surface area contributed by atoms with E-state index in [-0.39, 0.29) is 0 Å². The molecule has 1 aromatic carbocycles. The molecule has 0 aliphatic rings. The number of benzene rings is 1. The van der Waals surface area contributed by atoms with Crippen LogP contribution in [0.4, 0.5) is 0 Å². The zero-order valence-electron chi connectivity index (χ0n) is 5.75. The third-order valence-electron chi connectivity index (χ3n) is 1.34. The summed E-state index contributed by atoms with van der Waals surface area (Å²) in [6, 6.07) is 9.64. The molecule has 0 saturated heterocycles. The molecule has 0 N–H and O–H groups in total. The van der Waals surface area contributed by atoms with Gasteiger partial charge in [-0.15, -0.1) is 15.0 Å². The Morgan fingerprint density at radius 2 is 1.91 bits per heavy atom. The largest absolute Gasteiger partial charge is 0.162 e. The molecule has 54 valence electrons. The summed E-state index contributed by atoms with van der Waals surface area (Å²) in [5.74, 6) is 0. The van der Waals surface area contributed by atoms with Crippen molar-refractivity contribution in [1.29, 1.82) is 0 Å². The Bertz CT molecular complexity index is 313. The maximum atomic E-state index is 3.88. The van der Waals surface area contributed by atoms with E-state index < -0.39 is 0 Å². The zero-order valence-corrected chi connectivity index (χ0v) is 5.75. The summed E-state index contributed by atoms with van der Waals surface area (Å²) < 4.78 is 0. The van der Waals surface area contributed by atoms with Crippen LogP contribution in [0.5, 0.6) is 0 Å². The monoisotopic (exact) mass is 146 g/mol. The molecule has 4 heteroatoms. The van der Waals surface area contributed by atoms with Crippen molar-refractivity contribution in [3.63, 3.8) is 0 Å². The Morgan fingerprint density at radius 1 is 1.09 bits per heavy atom. The van der Waals surface area contributed by atoms with Crippen molar-refractivity contribution in [2.24, 2.45) is 0 Å². The van der Waals surface area contributed by atoms with Crippen molar-refractivity contribution >= 4 is 0 Å². The van der Waals surface area contributed by atoms with Crippen molar-refractivity contribution in [2.75, 3.05) is 0 Å². The summed E-state index contributed by atoms with van der Waals surface area (Å²) in [5.41, 5.74) is 0.921. The summed E-state index contributed by atoms with van der Waals surface area (Å²) in [6.07, 6.45) is 1.41. The van der Waals surface area contributed by atoms with Crippen molar-refractivity contribution in [3.8, 4) is 5.69 Å². The van der Waals surface area contributed by atoms with Crippen LogP contribution in [0.3, 0.4) is 0 Å². The summed E-state index contributed by atoms with van der Waals surface area (Å²) in [4.78, 5) is 1.47. The Kier molecular flexibility index (Phi) is 1.37. The van der Waals surface area contributed by atoms with Crippen LogP contribution in [-0.4, -0.2) is 20.2 Å². The van der Waals surface area contributed by atoms with Crippen LogP contribution in [0.15, 0.2) is 36.7 Å². The van der Waals surface area contributed by atoms with Gasteiger partial charge >= 0.3 is 0 Å². The fraction of sp³-hybridized carbons (Fsp3) is 0. The summed E-state index contributed by atoms with van der Waals surface area (Å²) in [7, 11) is 0. The summed E-state index contributed by atoms with van der Waals surface area (Å²) >= 11 is 0. The molecule has 2 rings (SSSR count). The molecule has 0 atom stereocenters. The molecule has 0 aliphatic heterocycles. The van der Waals surface area contributed by atoms with Gasteiger partial charge in [0.2, 0.25) is 0 Å².